The molecule has 1 fully saturated rings. The van der Waals surface area contributed by atoms with Crippen molar-refractivity contribution in [3.05, 3.63) is 71.8 Å². The van der Waals surface area contributed by atoms with Crippen LogP contribution in [0.3, 0.4) is 0 Å². The normalized spacial score (nSPS) is 16.0. The fraction of sp³-hybridized carbons (Fsp3) is 0.318. The average Bonchev–Trinajstić information content (AvgIpc) is 2.70. The molecule has 0 N–H and O–H groups in total. The molecule has 0 saturated carbocycles. The minimum atomic E-state index is 0.171. The molecule has 0 unspecified atom stereocenters. The minimum Gasteiger partial charge on any atom is -0.497 e. The maximum Gasteiger partial charge on any atom is 0.176 e. The van der Waals surface area contributed by atoms with Gasteiger partial charge in [-0.15, -0.1) is 0 Å². The Morgan fingerprint density at radius 3 is 2.27 bits per heavy atom. The number of hydrogen-bond donors (Lipinski definition) is 0. The number of piperazine rings is 1. The molecule has 0 atom stereocenters. The molecule has 0 aromatic heterocycles. The predicted molar refractivity (Wildman–Crippen MR) is 106 cm³/mol. The molecule has 2 aromatic rings. The Labute approximate surface area is 155 Å². The van der Waals surface area contributed by atoms with Gasteiger partial charge >= 0.3 is 0 Å². The van der Waals surface area contributed by atoms with Crippen LogP contribution in [-0.2, 0) is 0 Å². The molecule has 4 heteroatoms. The molecular formula is C22H26N2O2. The molecule has 4 nitrogen and oxygen atoms in total. The van der Waals surface area contributed by atoms with Crippen molar-refractivity contribution in [1.82, 2.24) is 9.80 Å². The average molecular weight is 350 g/mol. The van der Waals surface area contributed by atoms with Crippen LogP contribution in [0.1, 0.15) is 15.9 Å². The highest BCUT2D eigenvalue weighted by molar-refractivity contribution is 5.97. The molecule has 0 spiro atoms. The number of rotatable bonds is 7. The van der Waals surface area contributed by atoms with E-state index in [1.54, 1.807) is 7.11 Å². The molecule has 3 rings (SSSR count). The monoisotopic (exact) mass is 350 g/mol. The summed E-state index contributed by atoms with van der Waals surface area (Å²) < 4.78 is 5.14. The lowest BCUT2D eigenvalue weighted by Crippen LogP contribution is -2.47. The quantitative estimate of drug-likeness (QED) is 0.718. The van der Waals surface area contributed by atoms with Crippen LogP contribution in [0, 0.1) is 0 Å². The van der Waals surface area contributed by atoms with Gasteiger partial charge in [0.25, 0.3) is 0 Å². The molecule has 0 bridgehead atoms. The van der Waals surface area contributed by atoms with Crippen LogP contribution in [0.25, 0.3) is 6.08 Å². The summed E-state index contributed by atoms with van der Waals surface area (Å²) in [4.78, 5) is 17.1. The summed E-state index contributed by atoms with van der Waals surface area (Å²) in [5.41, 5.74) is 1.98. The first kappa shape index (κ1) is 18.4. The summed E-state index contributed by atoms with van der Waals surface area (Å²) in [7, 11) is 1.63. The van der Waals surface area contributed by atoms with Crippen LogP contribution in [-0.4, -0.2) is 62.0 Å². The van der Waals surface area contributed by atoms with Crippen LogP contribution in [0.5, 0.6) is 5.75 Å². The van der Waals surface area contributed by atoms with E-state index >= 15 is 0 Å². The first-order valence-corrected chi connectivity index (χ1v) is 9.08. The van der Waals surface area contributed by atoms with E-state index in [0.29, 0.717) is 6.54 Å². The van der Waals surface area contributed by atoms with Gasteiger partial charge in [0.2, 0.25) is 0 Å². The molecule has 0 aliphatic carbocycles. The largest absolute Gasteiger partial charge is 0.497 e. The SMILES string of the molecule is COc1ccc(C(=O)CN2CCN(C/C=C/c3ccccc3)CC2)cc1. The van der Waals surface area contributed by atoms with Gasteiger partial charge in [-0.05, 0) is 29.8 Å². The summed E-state index contributed by atoms with van der Waals surface area (Å²) in [5.74, 6) is 0.948. The Morgan fingerprint density at radius 2 is 1.62 bits per heavy atom. The van der Waals surface area contributed by atoms with Crippen molar-refractivity contribution in [3.8, 4) is 5.75 Å². The zero-order valence-electron chi connectivity index (χ0n) is 15.3. The number of hydrogen-bond acceptors (Lipinski definition) is 4. The molecule has 0 radical (unpaired) electrons. The molecule has 1 aliphatic heterocycles. The molecule has 0 amide bonds. The summed E-state index contributed by atoms with van der Waals surface area (Å²) in [6, 6.07) is 17.7. The topological polar surface area (TPSA) is 32.8 Å². The van der Waals surface area contributed by atoms with Gasteiger partial charge in [-0.1, -0.05) is 42.5 Å². The van der Waals surface area contributed by atoms with Crippen molar-refractivity contribution >= 4 is 11.9 Å². The predicted octanol–water partition coefficient (Wildman–Crippen LogP) is 3.21. The molecular weight excluding hydrogens is 324 g/mol. The first-order valence-electron chi connectivity index (χ1n) is 9.08. The lowest BCUT2D eigenvalue weighted by atomic mass is 10.1. The Hall–Kier alpha value is -2.43. The summed E-state index contributed by atoms with van der Waals surface area (Å²) in [6.07, 6.45) is 4.38. The Morgan fingerprint density at radius 1 is 0.962 bits per heavy atom. The van der Waals surface area contributed by atoms with Crippen molar-refractivity contribution in [3.63, 3.8) is 0 Å². The van der Waals surface area contributed by atoms with E-state index in [9.17, 15) is 4.79 Å². The first-order chi connectivity index (χ1) is 12.7. The van der Waals surface area contributed by atoms with Crippen LogP contribution in [0.4, 0.5) is 0 Å². The second-order valence-corrected chi connectivity index (χ2v) is 6.54. The van der Waals surface area contributed by atoms with Crippen LogP contribution >= 0.6 is 0 Å². The highest BCUT2D eigenvalue weighted by Crippen LogP contribution is 2.13. The summed E-state index contributed by atoms with van der Waals surface area (Å²) >= 11 is 0. The Bertz CT molecular complexity index is 718. The Balaban J connectivity index is 1.41. The third-order valence-corrected chi connectivity index (χ3v) is 4.72. The van der Waals surface area contributed by atoms with Gasteiger partial charge in [0.1, 0.15) is 5.75 Å². The lowest BCUT2D eigenvalue weighted by molar-refractivity contribution is 0.0865. The number of Topliss-reactive ketones (excluding diaryl/α,β-unsaturated/α-hetero) is 1. The van der Waals surface area contributed by atoms with Crippen LogP contribution in [0.2, 0.25) is 0 Å². The number of benzene rings is 2. The fourth-order valence-corrected chi connectivity index (χ4v) is 3.10. The van der Waals surface area contributed by atoms with Crippen molar-refractivity contribution in [2.24, 2.45) is 0 Å². The van der Waals surface area contributed by atoms with E-state index in [4.69, 9.17) is 4.74 Å². The van der Waals surface area contributed by atoms with Gasteiger partial charge in [-0.25, -0.2) is 0 Å². The highest BCUT2D eigenvalue weighted by Gasteiger charge is 2.18. The molecule has 2 aromatic carbocycles. The van der Waals surface area contributed by atoms with Crippen LogP contribution < -0.4 is 4.74 Å². The smallest absolute Gasteiger partial charge is 0.176 e. The lowest BCUT2D eigenvalue weighted by Gasteiger charge is -2.33. The molecule has 1 saturated heterocycles. The van der Waals surface area contributed by atoms with Gasteiger partial charge in [0.05, 0.1) is 13.7 Å². The van der Waals surface area contributed by atoms with Crippen molar-refractivity contribution in [2.75, 3.05) is 46.4 Å². The van der Waals surface area contributed by atoms with E-state index in [0.717, 1.165) is 44.0 Å². The maximum absolute atomic E-state index is 12.4. The van der Waals surface area contributed by atoms with Crippen molar-refractivity contribution in [1.29, 1.82) is 0 Å². The highest BCUT2D eigenvalue weighted by atomic mass is 16.5. The van der Waals surface area contributed by atoms with Gasteiger partial charge in [0.15, 0.2) is 5.78 Å². The van der Waals surface area contributed by atoms with E-state index in [-0.39, 0.29) is 5.78 Å². The van der Waals surface area contributed by atoms with Gasteiger partial charge < -0.3 is 4.74 Å². The van der Waals surface area contributed by atoms with Gasteiger partial charge in [-0.3, -0.25) is 14.6 Å². The van der Waals surface area contributed by atoms with E-state index in [1.165, 1.54) is 5.56 Å². The maximum atomic E-state index is 12.4. The Kier molecular flexibility index (Phi) is 6.58. The number of ether oxygens (including phenoxy) is 1. The minimum absolute atomic E-state index is 0.171. The van der Waals surface area contributed by atoms with Gasteiger partial charge in [0, 0.05) is 38.3 Å². The van der Waals surface area contributed by atoms with E-state index < -0.39 is 0 Å². The van der Waals surface area contributed by atoms with Crippen LogP contribution in [0.15, 0.2) is 60.7 Å². The second-order valence-electron chi connectivity index (χ2n) is 6.54. The molecule has 136 valence electrons. The summed E-state index contributed by atoms with van der Waals surface area (Å²) in [5, 5.41) is 0. The number of nitrogens with zero attached hydrogens (tertiary/aromatic N) is 2. The standard InChI is InChI=1S/C22H26N2O2/c1-26-21-11-9-20(10-12-21)22(25)18-24-16-14-23(15-17-24)13-5-8-19-6-3-2-4-7-19/h2-12H,13-18H2,1H3/b8-5+. The van der Waals surface area contributed by atoms with Crippen molar-refractivity contribution in [2.45, 2.75) is 0 Å². The molecule has 1 heterocycles. The number of methoxy groups -OCH3 is 1. The van der Waals surface area contributed by atoms with E-state index in [2.05, 4.69) is 46.2 Å². The number of carbonyl (C=O) groups is 1. The molecule has 1 aliphatic rings. The second kappa shape index (κ2) is 9.32. The van der Waals surface area contributed by atoms with E-state index in [1.807, 2.05) is 30.3 Å². The third kappa shape index (κ3) is 5.28. The third-order valence-electron chi connectivity index (χ3n) is 4.72. The van der Waals surface area contributed by atoms with Gasteiger partial charge in [-0.2, -0.15) is 0 Å². The fourth-order valence-electron chi connectivity index (χ4n) is 3.10. The molecule has 26 heavy (non-hydrogen) atoms. The zero-order valence-corrected chi connectivity index (χ0v) is 15.3. The van der Waals surface area contributed by atoms with Crippen molar-refractivity contribution < 1.29 is 9.53 Å². The zero-order chi connectivity index (χ0) is 18.2. The number of ketones is 1. The number of carbonyl (C=O) groups excluding carboxylic acids is 1. The summed E-state index contributed by atoms with van der Waals surface area (Å²) in [6.45, 7) is 5.29.